The summed E-state index contributed by atoms with van der Waals surface area (Å²) in [6.07, 6.45) is -0.198. The van der Waals surface area contributed by atoms with Gasteiger partial charge in [0.2, 0.25) is 0 Å². The molecule has 1 fully saturated rings. The van der Waals surface area contributed by atoms with E-state index in [1.54, 1.807) is 12.1 Å². The highest BCUT2D eigenvalue weighted by molar-refractivity contribution is 6.39. The topological polar surface area (TPSA) is 78.9 Å². The standard InChI is InChI=1S/C15H20N2O4/c1-9-4-5-12(13(18)6-9)16-14(19)15(20)17-7-10(2)21-11(3)8-17/h4-6,10-11,18H,7-8H2,1-3H3,(H,16,19). The second-order valence-electron chi connectivity index (χ2n) is 5.44. The lowest BCUT2D eigenvalue weighted by Crippen LogP contribution is -2.51. The number of morpholine rings is 1. The summed E-state index contributed by atoms with van der Waals surface area (Å²) in [7, 11) is 0. The molecule has 2 rings (SSSR count). The van der Waals surface area contributed by atoms with E-state index in [-0.39, 0.29) is 23.6 Å². The van der Waals surface area contributed by atoms with E-state index in [9.17, 15) is 14.7 Å². The number of hydrogen-bond donors (Lipinski definition) is 2. The smallest absolute Gasteiger partial charge is 0.314 e. The normalized spacial score (nSPS) is 22.0. The van der Waals surface area contributed by atoms with Crippen LogP contribution in [0.4, 0.5) is 5.69 Å². The van der Waals surface area contributed by atoms with Gasteiger partial charge in [0.05, 0.1) is 17.9 Å². The molecule has 6 nitrogen and oxygen atoms in total. The van der Waals surface area contributed by atoms with Crippen LogP contribution in [0.5, 0.6) is 5.75 Å². The number of rotatable bonds is 1. The van der Waals surface area contributed by atoms with Crippen LogP contribution < -0.4 is 5.32 Å². The van der Waals surface area contributed by atoms with Gasteiger partial charge in [-0.15, -0.1) is 0 Å². The Bertz CT molecular complexity index is 549. The van der Waals surface area contributed by atoms with Gasteiger partial charge in [-0.05, 0) is 38.5 Å². The summed E-state index contributed by atoms with van der Waals surface area (Å²) in [5, 5.41) is 12.2. The van der Waals surface area contributed by atoms with Crippen LogP contribution in [0.1, 0.15) is 19.4 Å². The molecule has 0 radical (unpaired) electrons. The SMILES string of the molecule is Cc1ccc(NC(=O)C(=O)N2CC(C)OC(C)C2)c(O)c1. The zero-order valence-corrected chi connectivity index (χ0v) is 12.4. The minimum Gasteiger partial charge on any atom is -0.506 e. The molecule has 2 amide bonds. The van der Waals surface area contributed by atoms with Gasteiger partial charge in [0, 0.05) is 13.1 Å². The van der Waals surface area contributed by atoms with Crippen molar-refractivity contribution < 1.29 is 19.4 Å². The molecule has 1 aliphatic heterocycles. The van der Waals surface area contributed by atoms with Crippen LogP contribution in [0.2, 0.25) is 0 Å². The Balaban J connectivity index is 2.04. The molecule has 0 bridgehead atoms. The molecule has 114 valence electrons. The summed E-state index contributed by atoms with van der Waals surface area (Å²) < 4.78 is 5.53. The zero-order chi connectivity index (χ0) is 15.6. The highest BCUT2D eigenvalue weighted by atomic mass is 16.5. The maximum absolute atomic E-state index is 12.1. The van der Waals surface area contributed by atoms with Gasteiger partial charge in [-0.3, -0.25) is 9.59 Å². The van der Waals surface area contributed by atoms with Crippen LogP contribution in [0, 0.1) is 6.92 Å². The molecule has 6 heteroatoms. The largest absolute Gasteiger partial charge is 0.506 e. The molecule has 2 atom stereocenters. The number of aryl methyl sites for hydroxylation is 1. The molecule has 2 N–H and O–H groups in total. The highest BCUT2D eigenvalue weighted by Gasteiger charge is 2.29. The number of phenolic OH excluding ortho intramolecular Hbond substituents is 1. The van der Waals surface area contributed by atoms with Crippen LogP contribution in [0.25, 0.3) is 0 Å². The minimum absolute atomic E-state index is 0.0557. The van der Waals surface area contributed by atoms with Crippen LogP contribution in [0.3, 0.4) is 0 Å². The number of ether oxygens (including phenoxy) is 1. The molecule has 21 heavy (non-hydrogen) atoms. The lowest BCUT2D eigenvalue weighted by molar-refractivity contribution is -0.151. The molecule has 2 unspecified atom stereocenters. The number of aromatic hydroxyl groups is 1. The van der Waals surface area contributed by atoms with Crippen LogP contribution in [0.15, 0.2) is 18.2 Å². The van der Waals surface area contributed by atoms with E-state index in [1.165, 1.54) is 11.0 Å². The molecule has 0 saturated carbocycles. The van der Waals surface area contributed by atoms with Crippen LogP contribution >= 0.6 is 0 Å². The van der Waals surface area contributed by atoms with Crippen LogP contribution in [-0.4, -0.2) is 47.1 Å². The summed E-state index contributed by atoms with van der Waals surface area (Å²) in [4.78, 5) is 25.6. The molecule has 0 spiro atoms. The number of nitrogens with one attached hydrogen (secondary N) is 1. The number of carbonyl (C=O) groups excluding carboxylic acids is 2. The van der Waals surface area contributed by atoms with Gasteiger partial charge in [-0.1, -0.05) is 6.07 Å². The average Bonchev–Trinajstić information content (AvgIpc) is 2.40. The van der Waals surface area contributed by atoms with Gasteiger partial charge in [-0.25, -0.2) is 0 Å². The summed E-state index contributed by atoms with van der Waals surface area (Å²) in [6, 6.07) is 4.85. The first-order chi connectivity index (χ1) is 9.86. The van der Waals surface area contributed by atoms with Crippen molar-refractivity contribution in [1.29, 1.82) is 0 Å². The molecule has 0 aromatic heterocycles. The first kappa shape index (κ1) is 15.3. The quantitative estimate of drug-likeness (QED) is 0.603. The molecule has 1 saturated heterocycles. The van der Waals surface area contributed by atoms with Crippen molar-refractivity contribution >= 4 is 17.5 Å². The molecular weight excluding hydrogens is 272 g/mol. The second kappa shape index (κ2) is 6.13. The fourth-order valence-electron chi connectivity index (χ4n) is 2.41. The molecule has 1 aliphatic rings. The van der Waals surface area contributed by atoms with Gasteiger partial charge in [0.25, 0.3) is 0 Å². The van der Waals surface area contributed by atoms with Gasteiger partial charge in [0.15, 0.2) is 0 Å². The predicted molar refractivity (Wildman–Crippen MR) is 78.1 cm³/mol. The van der Waals surface area contributed by atoms with Crippen molar-refractivity contribution in [3.63, 3.8) is 0 Å². The fraction of sp³-hybridized carbons (Fsp3) is 0.467. The third kappa shape index (κ3) is 3.72. The van der Waals surface area contributed by atoms with E-state index < -0.39 is 11.8 Å². The monoisotopic (exact) mass is 292 g/mol. The first-order valence-electron chi connectivity index (χ1n) is 6.92. The van der Waals surface area contributed by atoms with E-state index in [4.69, 9.17) is 4.74 Å². The van der Waals surface area contributed by atoms with Crippen molar-refractivity contribution in [2.24, 2.45) is 0 Å². The van der Waals surface area contributed by atoms with Crippen molar-refractivity contribution in [2.45, 2.75) is 33.0 Å². The summed E-state index contributed by atoms with van der Waals surface area (Å²) in [6.45, 7) is 6.32. The van der Waals surface area contributed by atoms with Crippen molar-refractivity contribution in [1.82, 2.24) is 4.90 Å². The maximum atomic E-state index is 12.1. The minimum atomic E-state index is -0.754. The third-order valence-electron chi connectivity index (χ3n) is 3.30. The average molecular weight is 292 g/mol. The Hall–Kier alpha value is -2.08. The number of hydrogen-bond acceptors (Lipinski definition) is 4. The molecule has 1 heterocycles. The maximum Gasteiger partial charge on any atom is 0.314 e. The Kier molecular flexibility index (Phi) is 4.47. The molecule has 1 aromatic rings. The lowest BCUT2D eigenvalue weighted by Gasteiger charge is -2.34. The van der Waals surface area contributed by atoms with Crippen molar-refractivity contribution in [3.8, 4) is 5.75 Å². The second-order valence-corrected chi connectivity index (χ2v) is 5.44. The lowest BCUT2D eigenvalue weighted by atomic mass is 10.2. The van der Waals surface area contributed by atoms with E-state index in [2.05, 4.69) is 5.32 Å². The van der Waals surface area contributed by atoms with E-state index >= 15 is 0 Å². The first-order valence-corrected chi connectivity index (χ1v) is 6.92. The summed E-state index contributed by atoms with van der Waals surface area (Å²) >= 11 is 0. The Morgan fingerprint density at radius 1 is 1.29 bits per heavy atom. The van der Waals surface area contributed by atoms with Gasteiger partial charge < -0.3 is 20.1 Å². The molecule has 1 aromatic carbocycles. The number of anilines is 1. The number of benzene rings is 1. The highest BCUT2D eigenvalue weighted by Crippen LogP contribution is 2.24. The van der Waals surface area contributed by atoms with E-state index in [1.807, 2.05) is 20.8 Å². The zero-order valence-electron chi connectivity index (χ0n) is 12.4. The summed E-state index contributed by atoms with van der Waals surface area (Å²) in [5.41, 5.74) is 1.10. The van der Waals surface area contributed by atoms with Crippen molar-refractivity contribution in [3.05, 3.63) is 23.8 Å². The van der Waals surface area contributed by atoms with Gasteiger partial charge in [0.1, 0.15) is 5.75 Å². The Labute approximate surface area is 123 Å². The molecular formula is C15H20N2O4. The van der Waals surface area contributed by atoms with Crippen LogP contribution in [-0.2, 0) is 14.3 Å². The van der Waals surface area contributed by atoms with E-state index in [0.29, 0.717) is 13.1 Å². The van der Waals surface area contributed by atoms with Crippen molar-refractivity contribution in [2.75, 3.05) is 18.4 Å². The Morgan fingerprint density at radius 2 is 1.90 bits per heavy atom. The van der Waals surface area contributed by atoms with Gasteiger partial charge >= 0.3 is 11.8 Å². The number of amides is 2. The van der Waals surface area contributed by atoms with Gasteiger partial charge in [-0.2, -0.15) is 0 Å². The Morgan fingerprint density at radius 3 is 2.48 bits per heavy atom. The summed E-state index contributed by atoms with van der Waals surface area (Å²) in [5.74, 6) is -1.42. The number of carbonyl (C=O) groups is 2. The molecule has 0 aliphatic carbocycles. The third-order valence-corrected chi connectivity index (χ3v) is 3.30. The van der Waals surface area contributed by atoms with E-state index in [0.717, 1.165) is 5.56 Å². The number of nitrogens with zero attached hydrogens (tertiary/aromatic N) is 1. The fourth-order valence-corrected chi connectivity index (χ4v) is 2.41. The number of phenols is 1. The predicted octanol–water partition coefficient (Wildman–Crippen LogP) is 1.27.